The minimum Gasteiger partial charge on any atom is -0.493 e. The number of benzene rings is 2. The van der Waals surface area contributed by atoms with Gasteiger partial charge in [-0.15, -0.1) is 10.2 Å². The summed E-state index contributed by atoms with van der Waals surface area (Å²) >= 11 is 0. The van der Waals surface area contributed by atoms with Crippen LogP contribution in [0.5, 0.6) is 5.75 Å². The van der Waals surface area contributed by atoms with Crippen LogP contribution in [0.15, 0.2) is 48.5 Å². The summed E-state index contributed by atoms with van der Waals surface area (Å²) in [5.74, 6) is 1.48. The number of aromatic nitrogens is 4. The molecule has 2 aromatic carbocycles. The molecular weight excluding hydrogens is 525 g/mol. The molecule has 0 aliphatic carbocycles. The first-order valence-electron chi connectivity index (χ1n) is 11.7. The van der Waals surface area contributed by atoms with E-state index in [0.29, 0.717) is 43.1 Å². The number of amides is 1. The SMILES string of the molecule is Cc1nnn(Cc2cc(C(F)(F)F)ccc2CCC(=O)N2CCC(COc3ccccc3)C2)n1.N=S(=O)=O. The Morgan fingerprint density at radius 1 is 1.16 bits per heavy atom. The Balaban J connectivity index is 0.000000934. The monoisotopic (exact) mass is 552 g/mol. The zero-order valence-electron chi connectivity index (χ0n) is 20.6. The molecular formula is C24H27F3N6O4S. The van der Waals surface area contributed by atoms with Gasteiger partial charge in [0.1, 0.15) is 5.75 Å². The van der Waals surface area contributed by atoms with Crippen LogP contribution in [0.4, 0.5) is 13.2 Å². The quantitative estimate of drug-likeness (QED) is 0.452. The van der Waals surface area contributed by atoms with Gasteiger partial charge in [-0.2, -0.15) is 31.2 Å². The fourth-order valence-corrected chi connectivity index (χ4v) is 4.06. The molecule has 204 valence electrons. The van der Waals surface area contributed by atoms with Crippen LogP contribution >= 0.6 is 0 Å². The Hall–Kier alpha value is -3.81. The molecule has 1 aliphatic rings. The van der Waals surface area contributed by atoms with Gasteiger partial charge in [0, 0.05) is 25.4 Å². The Labute approximate surface area is 218 Å². The predicted octanol–water partition coefficient (Wildman–Crippen LogP) is 3.54. The molecule has 2 heterocycles. The van der Waals surface area contributed by atoms with Crippen molar-refractivity contribution in [3.05, 3.63) is 71.0 Å². The number of carbonyl (C=O) groups is 1. The maximum absolute atomic E-state index is 13.2. The number of nitrogens with zero attached hydrogens (tertiary/aromatic N) is 5. The molecule has 1 aromatic heterocycles. The van der Waals surface area contributed by atoms with Crippen molar-refractivity contribution in [3.63, 3.8) is 0 Å². The molecule has 1 fully saturated rings. The number of hydrogen-bond acceptors (Lipinski definition) is 8. The normalized spacial score (nSPS) is 15.1. The Morgan fingerprint density at radius 3 is 2.50 bits per heavy atom. The Morgan fingerprint density at radius 2 is 1.87 bits per heavy atom. The Bertz CT molecular complexity index is 1330. The zero-order chi connectivity index (χ0) is 27.7. The first-order chi connectivity index (χ1) is 18.0. The second-order valence-corrected chi connectivity index (χ2v) is 9.17. The maximum Gasteiger partial charge on any atom is 0.416 e. The van der Waals surface area contributed by atoms with Gasteiger partial charge in [0.05, 0.1) is 18.7 Å². The fraction of sp³-hybridized carbons (Fsp3) is 0.417. The number of tetrazole rings is 1. The molecule has 10 nitrogen and oxygen atoms in total. The minimum atomic E-state index is -4.46. The Kier molecular flexibility index (Phi) is 9.93. The number of aryl methyl sites for hydroxylation is 2. The van der Waals surface area contributed by atoms with Crippen LogP contribution in [0.3, 0.4) is 0 Å². The number of nitrogens with one attached hydrogen (secondary N) is 1. The van der Waals surface area contributed by atoms with Crippen molar-refractivity contribution in [2.24, 2.45) is 5.92 Å². The summed E-state index contributed by atoms with van der Waals surface area (Å²) in [5.41, 5.74) is 0.352. The summed E-state index contributed by atoms with van der Waals surface area (Å²) in [6, 6.07) is 13.1. The third-order valence-electron chi connectivity index (χ3n) is 5.87. The number of hydrogen-bond donors (Lipinski definition) is 1. The number of ether oxygens (including phenoxy) is 1. The summed E-state index contributed by atoms with van der Waals surface area (Å²) < 4.78 is 68.4. The van der Waals surface area contributed by atoms with Crippen LogP contribution in [0.25, 0.3) is 0 Å². The van der Waals surface area contributed by atoms with Crippen LogP contribution in [0.1, 0.15) is 35.4 Å². The lowest BCUT2D eigenvalue weighted by atomic mass is 9.99. The summed E-state index contributed by atoms with van der Waals surface area (Å²) in [6.45, 7) is 3.53. The van der Waals surface area contributed by atoms with E-state index in [4.69, 9.17) is 17.9 Å². The third kappa shape index (κ3) is 8.94. The molecule has 38 heavy (non-hydrogen) atoms. The second kappa shape index (κ2) is 13.1. The molecule has 0 saturated carbocycles. The van der Waals surface area contributed by atoms with Crippen molar-refractivity contribution >= 4 is 16.4 Å². The number of rotatable bonds is 8. The largest absolute Gasteiger partial charge is 0.493 e. The van der Waals surface area contributed by atoms with E-state index in [1.54, 1.807) is 6.92 Å². The first kappa shape index (κ1) is 28.8. The van der Waals surface area contributed by atoms with Gasteiger partial charge < -0.3 is 9.64 Å². The third-order valence-corrected chi connectivity index (χ3v) is 5.87. The van der Waals surface area contributed by atoms with Gasteiger partial charge in [0.25, 0.3) is 0 Å². The van der Waals surface area contributed by atoms with Gasteiger partial charge in [-0.3, -0.25) is 4.79 Å². The number of likely N-dealkylation sites (tertiary alicyclic amines) is 1. The number of alkyl halides is 3. The average molecular weight is 553 g/mol. The van der Waals surface area contributed by atoms with E-state index in [-0.39, 0.29) is 24.8 Å². The van der Waals surface area contributed by atoms with Crippen LogP contribution in [0.2, 0.25) is 0 Å². The highest BCUT2D eigenvalue weighted by Gasteiger charge is 2.31. The lowest BCUT2D eigenvalue weighted by Crippen LogP contribution is -2.29. The molecule has 1 N–H and O–H groups in total. The average Bonchev–Trinajstić information content (AvgIpc) is 3.50. The van der Waals surface area contributed by atoms with Crippen molar-refractivity contribution in [1.82, 2.24) is 25.1 Å². The number of carbonyl (C=O) groups excluding carboxylic acids is 1. The number of para-hydroxylation sites is 1. The van der Waals surface area contributed by atoms with Crippen molar-refractivity contribution < 1.29 is 31.1 Å². The molecule has 1 amide bonds. The minimum absolute atomic E-state index is 0.0113. The maximum atomic E-state index is 13.2. The van der Waals surface area contributed by atoms with Crippen molar-refractivity contribution in [2.75, 3.05) is 19.7 Å². The van der Waals surface area contributed by atoms with Gasteiger partial charge in [0.2, 0.25) is 5.91 Å². The van der Waals surface area contributed by atoms with Crippen LogP contribution in [-0.4, -0.2) is 59.1 Å². The van der Waals surface area contributed by atoms with E-state index < -0.39 is 22.2 Å². The van der Waals surface area contributed by atoms with E-state index >= 15 is 0 Å². The molecule has 1 unspecified atom stereocenters. The fourth-order valence-electron chi connectivity index (χ4n) is 4.06. The zero-order valence-corrected chi connectivity index (χ0v) is 21.4. The second-order valence-electron chi connectivity index (χ2n) is 8.70. The molecule has 14 heteroatoms. The van der Waals surface area contributed by atoms with Gasteiger partial charge in [-0.25, -0.2) is 0 Å². The highest BCUT2D eigenvalue weighted by molar-refractivity contribution is 7.60. The first-order valence-corrected chi connectivity index (χ1v) is 12.8. The summed E-state index contributed by atoms with van der Waals surface area (Å²) in [5, 5.41) is 11.7. The van der Waals surface area contributed by atoms with Gasteiger partial charge >= 0.3 is 16.7 Å². The predicted molar refractivity (Wildman–Crippen MR) is 130 cm³/mol. The van der Waals surface area contributed by atoms with Crippen molar-refractivity contribution in [2.45, 2.75) is 38.9 Å². The van der Waals surface area contributed by atoms with Gasteiger partial charge in [0.15, 0.2) is 5.82 Å². The molecule has 1 aliphatic heterocycles. The molecule has 0 radical (unpaired) electrons. The van der Waals surface area contributed by atoms with E-state index in [1.807, 2.05) is 35.2 Å². The molecule has 1 saturated heterocycles. The van der Waals surface area contributed by atoms with Crippen molar-refractivity contribution in [1.29, 1.82) is 4.78 Å². The molecule has 4 rings (SSSR count). The van der Waals surface area contributed by atoms with Crippen LogP contribution < -0.4 is 4.74 Å². The topological polar surface area (TPSA) is 131 Å². The molecule has 3 aromatic rings. The lowest BCUT2D eigenvalue weighted by molar-refractivity contribution is -0.137. The van der Waals surface area contributed by atoms with Gasteiger partial charge in [-0.05, 0) is 60.4 Å². The summed E-state index contributed by atoms with van der Waals surface area (Å²) in [6.07, 6.45) is -3.04. The lowest BCUT2D eigenvalue weighted by Gasteiger charge is -2.18. The number of halogens is 3. The standard InChI is InChI=1S/C24H26F3N5O2.HNO2S/c1-17-28-30-32(29-17)15-20-13-21(24(25,26)27)9-7-19(20)8-10-23(33)31-12-11-18(14-31)16-34-22-5-3-2-4-6-22;1-4(2)3/h2-7,9,13,18H,8,10-12,14-16H2,1H3;1H. The molecule has 0 spiro atoms. The van der Waals surface area contributed by atoms with E-state index in [1.165, 1.54) is 10.9 Å². The van der Waals surface area contributed by atoms with Crippen LogP contribution in [0, 0.1) is 17.6 Å². The van der Waals surface area contributed by atoms with E-state index in [9.17, 15) is 18.0 Å². The van der Waals surface area contributed by atoms with Gasteiger partial charge in [-0.1, -0.05) is 24.3 Å². The van der Waals surface area contributed by atoms with Crippen LogP contribution in [-0.2, 0) is 34.4 Å². The summed E-state index contributed by atoms with van der Waals surface area (Å²) in [7, 11) is -2.61. The van der Waals surface area contributed by atoms with E-state index in [0.717, 1.165) is 24.3 Å². The highest BCUT2D eigenvalue weighted by atomic mass is 32.2. The van der Waals surface area contributed by atoms with E-state index in [2.05, 4.69) is 15.4 Å². The molecule has 1 atom stereocenters. The summed E-state index contributed by atoms with van der Waals surface area (Å²) in [4.78, 5) is 15.9. The highest BCUT2D eigenvalue weighted by Crippen LogP contribution is 2.31. The smallest absolute Gasteiger partial charge is 0.416 e. The van der Waals surface area contributed by atoms with Crippen molar-refractivity contribution in [3.8, 4) is 5.75 Å². The molecule has 0 bridgehead atoms.